The van der Waals surface area contributed by atoms with Crippen molar-refractivity contribution in [3.8, 4) is 11.4 Å². The van der Waals surface area contributed by atoms with Crippen molar-refractivity contribution >= 4 is 34.4 Å². The molecule has 0 radical (unpaired) electrons. The van der Waals surface area contributed by atoms with Crippen LogP contribution in [0.5, 0.6) is 0 Å². The molecule has 0 aliphatic heterocycles. The van der Waals surface area contributed by atoms with Crippen LogP contribution >= 0.6 is 11.8 Å². The van der Waals surface area contributed by atoms with E-state index in [1.165, 1.54) is 16.3 Å². The Bertz CT molecular complexity index is 1350. The van der Waals surface area contributed by atoms with Crippen LogP contribution in [0.2, 0.25) is 0 Å². The Morgan fingerprint density at radius 1 is 1.22 bits per heavy atom. The fraction of sp³-hybridized carbons (Fsp3) is 0.350. The van der Waals surface area contributed by atoms with Crippen LogP contribution in [0.1, 0.15) is 35.6 Å². The van der Waals surface area contributed by atoms with Crippen LogP contribution in [0.15, 0.2) is 23.5 Å². The van der Waals surface area contributed by atoms with Gasteiger partial charge in [0.1, 0.15) is 16.5 Å². The third-order valence-electron chi connectivity index (χ3n) is 4.83. The van der Waals surface area contributed by atoms with Crippen molar-refractivity contribution in [2.24, 2.45) is 7.05 Å². The molecule has 0 aliphatic rings. The van der Waals surface area contributed by atoms with Gasteiger partial charge in [0.25, 0.3) is 0 Å². The highest BCUT2D eigenvalue weighted by atomic mass is 32.2. The summed E-state index contributed by atoms with van der Waals surface area (Å²) in [6.45, 7) is 5.58. The number of carbonyl (C=O) groups excluding carboxylic acids is 1. The summed E-state index contributed by atoms with van der Waals surface area (Å²) >= 11 is 1.42. The lowest BCUT2D eigenvalue weighted by atomic mass is 10.2. The summed E-state index contributed by atoms with van der Waals surface area (Å²) in [4.78, 5) is 25.0. The lowest BCUT2D eigenvalue weighted by Gasteiger charge is -2.07. The van der Waals surface area contributed by atoms with Gasteiger partial charge in [-0.25, -0.2) is 24.3 Å². The van der Waals surface area contributed by atoms with E-state index in [-0.39, 0.29) is 17.8 Å². The number of halogens is 3. The predicted molar refractivity (Wildman–Crippen MR) is 113 cm³/mol. The van der Waals surface area contributed by atoms with Gasteiger partial charge in [0.05, 0.1) is 29.4 Å². The number of aromatic nitrogens is 6. The second kappa shape index (κ2) is 8.08. The number of hydrogen-bond acceptors (Lipinski definition) is 7. The largest absolute Gasteiger partial charge is 0.461 e. The molecule has 0 saturated heterocycles. The Morgan fingerprint density at radius 3 is 2.62 bits per heavy atom. The Balaban J connectivity index is 2.00. The third-order valence-corrected chi connectivity index (χ3v) is 5.67. The first-order chi connectivity index (χ1) is 15.2. The second-order valence-electron chi connectivity index (χ2n) is 6.91. The summed E-state index contributed by atoms with van der Waals surface area (Å²) in [6.07, 6.45) is -1.89. The standard InChI is InChI=1S/C20H19F3N6O2S/c1-5-31-19(30)15-10(3)8-25-16-14(18(32-6-2)27-29(15)16)17-26-11-7-13(20(21,22)23)24-9-12(11)28(17)4/h7-9H,5-6H2,1-4H3. The molecule has 4 aromatic rings. The van der Waals surface area contributed by atoms with E-state index in [2.05, 4.69) is 20.1 Å². The number of pyridine rings is 1. The van der Waals surface area contributed by atoms with Gasteiger partial charge in [-0.2, -0.15) is 18.3 Å². The molecule has 12 heteroatoms. The van der Waals surface area contributed by atoms with Gasteiger partial charge < -0.3 is 9.30 Å². The topological polar surface area (TPSA) is 87.2 Å². The number of aryl methyl sites for hydroxylation is 2. The van der Waals surface area contributed by atoms with Crippen LogP contribution in [0.25, 0.3) is 28.1 Å². The number of rotatable bonds is 5. The number of nitrogens with zero attached hydrogens (tertiary/aromatic N) is 6. The summed E-state index contributed by atoms with van der Waals surface area (Å²) in [7, 11) is 1.68. The lowest BCUT2D eigenvalue weighted by Crippen LogP contribution is -2.14. The molecule has 4 rings (SSSR count). The molecule has 4 heterocycles. The quantitative estimate of drug-likeness (QED) is 0.322. The smallest absolute Gasteiger partial charge is 0.433 e. The average molecular weight is 464 g/mol. The number of hydrogen-bond donors (Lipinski definition) is 0. The molecular formula is C20H19F3N6O2S. The molecule has 8 nitrogen and oxygen atoms in total. The van der Waals surface area contributed by atoms with Crippen LogP contribution in [-0.4, -0.2) is 47.5 Å². The Kier molecular flexibility index (Phi) is 5.57. The number of fused-ring (bicyclic) bond motifs is 2. The summed E-state index contributed by atoms with van der Waals surface area (Å²) in [6, 6.07) is 0.915. The summed E-state index contributed by atoms with van der Waals surface area (Å²) in [5.74, 6) is 0.510. The minimum absolute atomic E-state index is 0.148. The summed E-state index contributed by atoms with van der Waals surface area (Å²) < 4.78 is 47.6. The molecule has 0 fully saturated rings. The van der Waals surface area contributed by atoms with Crippen LogP contribution < -0.4 is 0 Å². The first-order valence-electron chi connectivity index (χ1n) is 9.75. The molecule has 0 aliphatic carbocycles. The van der Waals surface area contributed by atoms with E-state index in [0.29, 0.717) is 38.9 Å². The fourth-order valence-corrected chi connectivity index (χ4v) is 4.14. The molecular weight excluding hydrogens is 445 g/mol. The van der Waals surface area contributed by atoms with Gasteiger partial charge in [0.15, 0.2) is 11.3 Å². The van der Waals surface area contributed by atoms with Gasteiger partial charge in [0.2, 0.25) is 0 Å². The van der Waals surface area contributed by atoms with Gasteiger partial charge >= 0.3 is 12.1 Å². The van der Waals surface area contributed by atoms with Crippen molar-refractivity contribution < 1.29 is 22.7 Å². The molecule has 32 heavy (non-hydrogen) atoms. The monoisotopic (exact) mass is 464 g/mol. The minimum atomic E-state index is -4.58. The number of thioether (sulfide) groups is 1. The van der Waals surface area contributed by atoms with Crippen molar-refractivity contribution in [3.63, 3.8) is 0 Å². The summed E-state index contributed by atoms with van der Waals surface area (Å²) in [5, 5.41) is 5.13. The first-order valence-corrected chi connectivity index (χ1v) is 10.7. The van der Waals surface area contributed by atoms with E-state index in [9.17, 15) is 18.0 Å². The average Bonchev–Trinajstić information content (AvgIpc) is 3.24. The van der Waals surface area contributed by atoms with E-state index in [4.69, 9.17) is 4.74 Å². The Hall–Kier alpha value is -3.15. The minimum Gasteiger partial charge on any atom is -0.461 e. The van der Waals surface area contributed by atoms with Gasteiger partial charge in [-0.3, -0.25) is 0 Å². The molecule has 4 aromatic heterocycles. The fourth-order valence-electron chi connectivity index (χ4n) is 3.40. The molecule has 0 unspecified atom stereocenters. The van der Waals surface area contributed by atoms with E-state index in [1.54, 1.807) is 31.7 Å². The van der Waals surface area contributed by atoms with Crippen LogP contribution in [0, 0.1) is 6.92 Å². The van der Waals surface area contributed by atoms with Crippen molar-refractivity contribution in [1.29, 1.82) is 0 Å². The zero-order valence-corrected chi connectivity index (χ0v) is 18.5. The number of carbonyl (C=O) groups is 1. The van der Waals surface area contributed by atoms with E-state index >= 15 is 0 Å². The number of imidazole rings is 1. The van der Waals surface area contributed by atoms with Crippen molar-refractivity contribution in [2.75, 3.05) is 12.4 Å². The van der Waals surface area contributed by atoms with Gasteiger partial charge in [-0.05, 0) is 25.7 Å². The normalized spacial score (nSPS) is 12.1. The first kappa shape index (κ1) is 22.1. The van der Waals surface area contributed by atoms with E-state index in [0.717, 1.165) is 12.3 Å². The zero-order valence-electron chi connectivity index (χ0n) is 17.7. The zero-order chi connectivity index (χ0) is 23.2. The van der Waals surface area contributed by atoms with Crippen LogP contribution in [0.4, 0.5) is 13.2 Å². The summed E-state index contributed by atoms with van der Waals surface area (Å²) in [5.41, 5.74) is 1.26. The maximum atomic E-state index is 13.1. The molecule has 0 aromatic carbocycles. The molecule has 0 saturated carbocycles. The second-order valence-corrected chi connectivity index (χ2v) is 8.16. The van der Waals surface area contributed by atoms with Crippen molar-refractivity contribution in [3.05, 3.63) is 35.4 Å². The van der Waals surface area contributed by atoms with E-state index < -0.39 is 17.8 Å². The maximum absolute atomic E-state index is 13.1. The molecule has 0 amide bonds. The number of esters is 1. The number of ether oxygens (including phenoxy) is 1. The van der Waals surface area contributed by atoms with E-state index in [1.807, 2.05) is 6.92 Å². The molecule has 0 atom stereocenters. The highest BCUT2D eigenvalue weighted by molar-refractivity contribution is 7.99. The molecule has 0 bridgehead atoms. The van der Waals surface area contributed by atoms with Crippen LogP contribution in [-0.2, 0) is 18.0 Å². The predicted octanol–water partition coefficient (Wildman–Crippen LogP) is 4.29. The Morgan fingerprint density at radius 2 is 1.97 bits per heavy atom. The van der Waals surface area contributed by atoms with Gasteiger partial charge in [-0.1, -0.05) is 6.92 Å². The molecule has 0 N–H and O–H groups in total. The van der Waals surface area contributed by atoms with Crippen LogP contribution in [0.3, 0.4) is 0 Å². The van der Waals surface area contributed by atoms with Gasteiger partial charge in [0, 0.05) is 18.8 Å². The highest BCUT2D eigenvalue weighted by Crippen LogP contribution is 2.36. The lowest BCUT2D eigenvalue weighted by molar-refractivity contribution is -0.141. The molecule has 168 valence electrons. The van der Waals surface area contributed by atoms with Crippen molar-refractivity contribution in [2.45, 2.75) is 32.0 Å². The van der Waals surface area contributed by atoms with Crippen molar-refractivity contribution in [1.82, 2.24) is 29.1 Å². The van der Waals surface area contributed by atoms with Gasteiger partial charge in [-0.15, -0.1) is 11.8 Å². The SMILES string of the molecule is CCOC(=O)c1c(C)cnc2c(-c3nc4cc(C(F)(F)F)ncc4n3C)c(SCC)nn12. The highest BCUT2D eigenvalue weighted by Gasteiger charge is 2.33. The Labute approximate surface area is 184 Å². The third kappa shape index (κ3) is 3.57. The number of alkyl halides is 3. The maximum Gasteiger partial charge on any atom is 0.433 e. The molecule has 0 spiro atoms.